The fourth-order valence-electron chi connectivity index (χ4n) is 2.57. The maximum absolute atomic E-state index is 4.69. The first-order valence-electron chi connectivity index (χ1n) is 7.85. The van der Waals surface area contributed by atoms with Gasteiger partial charge in [-0.1, -0.05) is 45.0 Å². The highest BCUT2D eigenvalue weighted by atomic mass is 15.3. The minimum absolute atomic E-state index is 0.583. The maximum atomic E-state index is 4.69. The van der Waals surface area contributed by atoms with Crippen LogP contribution in [0.4, 0.5) is 0 Å². The van der Waals surface area contributed by atoms with E-state index in [0.29, 0.717) is 5.92 Å². The number of aromatic nitrogens is 2. The first-order valence-corrected chi connectivity index (χ1v) is 7.85. The van der Waals surface area contributed by atoms with Crippen LogP contribution in [0.5, 0.6) is 0 Å². The molecule has 0 fully saturated rings. The minimum Gasteiger partial charge on any atom is -0.313 e. The molecule has 3 heteroatoms. The summed E-state index contributed by atoms with van der Waals surface area (Å²) in [6.07, 6.45) is 0. The van der Waals surface area contributed by atoms with Crippen molar-refractivity contribution in [2.45, 2.75) is 53.6 Å². The van der Waals surface area contributed by atoms with Crippen molar-refractivity contribution in [2.75, 3.05) is 6.54 Å². The summed E-state index contributed by atoms with van der Waals surface area (Å²) < 4.78 is 2.12. The second-order valence-corrected chi connectivity index (χ2v) is 5.98. The molecule has 0 aliphatic heterocycles. The molecule has 2 aromatic rings. The molecule has 1 heterocycles. The zero-order valence-electron chi connectivity index (χ0n) is 13.9. The van der Waals surface area contributed by atoms with Gasteiger partial charge in [-0.25, -0.2) is 0 Å². The van der Waals surface area contributed by atoms with Crippen molar-refractivity contribution in [1.82, 2.24) is 15.1 Å². The van der Waals surface area contributed by atoms with Gasteiger partial charge in [-0.2, -0.15) is 5.10 Å². The molecule has 1 N–H and O–H groups in total. The largest absolute Gasteiger partial charge is 0.313 e. The number of benzene rings is 1. The van der Waals surface area contributed by atoms with Gasteiger partial charge in [-0.15, -0.1) is 0 Å². The van der Waals surface area contributed by atoms with Crippen molar-refractivity contribution in [1.29, 1.82) is 0 Å². The van der Waals surface area contributed by atoms with Gasteiger partial charge in [0.2, 0.25) is 0 Å². The number of hydrogen-bond donors (Lipinski definition) is 1. The van der Waals surface area contributed by atoms with Crippen LogP contribution in [0.2, 0.25) is 0 Å². The number of nitrogens with one attached hydrogen (secondary N) is 1. The quantitative estimate of drug-likeness (QED) is 0.875. The predicted molar refractivity (Wildman–Crippen MR) is 88.7 cm³/mol. The van der Waals surface area contributed by atoms with Crippen LogP contribution in [0.15, 0.2) is 24.3 Å². The lowest BCUT2D eigenvalue weighted by Gasteiger charge is -2.09. The molecule has 0 aliphatic carbocycles. The van der Waals surface area contributed by atoms with E-state index in [4.69, 9.17) is 5.10 Å². The van der Waals surface area contributed by atoms with Gasteiger partial charge in [-0.3, -0.25) is 4.68 Å². The SMILES string of the molecule is CCNCc1c(C)nn(Cc2ccc(C(C)C)cc2)c1C. The predicted octanol–water partition coefficient (Wildman–Crippen LogP) is 3.78. The van der Waals surface area contributed by atoms with E-state index in [2.05, 4.69) is 68.9 Å². The Bertz CT molecular complexity index is 579. The zero-order valence-corrected chi connectivity index (χ0v) is 13.9. The molecule has 0 saturated heterocycles. The van der Waals surface area contributed by atoms with Crippen LogP contribution in [0.25, 0.3) is 0 Å². The van der Waals surface area contributed by atoms with Crippen molar-refractivity contribution in [3.05, 3.63) is 52.3 Å². The third kappa shape index (κ3) is 3.73. The molecular formula is C18H27N3. The van der Waals surface area contributed by atoms with E-state index in [1.165, 1.54) is 22.4 Å². The maximum Gasteiger partial charge on any atom is 0.0662 e. The van der Waals surface area contributed by atoms with Crippen molar-refractivity contribution < 1.29 is 0 Å². The van der Waals surface area contributed by atoms with Crippen LogP contribution in [0.1, 0.15) is 54.8 Å². The summed E-state index contributed by atoms with van der Waals surface area (Å²) in [5.74, 6) is 0.583. The third-order valence-electron chi connectivity index (χ3n) is 4.06. The summed E-state index contributed by atoms with van der Waals surface area (Å²) in [7, 11) is 0. The molecule has 2 rings (SSSR count). The van der Waals surface area contributed by atoms with Crippen LogP contribution < -0.4 is 5.32 Å². The molecule has 0 amide bonds. The average Bonchev–Trinajstić information content (AvgIpc) is 2.72. The lowest BCUT2D eigenvalue weighted by Crippen LogP contribution is -2.13. The lowest BCUT2D eigenvalue weighted by molar-refractivity contribution is 0.655. The molecular weight excluding hydrogens is 258 g/mol. The smallest absolute Gasteiger partial charge is 0.0662 e. The molecule has 0 bridgehead atoms. The summed E-state index contributed by atoms with van der Waals surface area (Å²) in [4.78, 5) is 0. The fourth-order valence-corrected chi connectivity index (χ4v) is 2.57. The van der Waals surface area contributed by atoms with E-state index < -0.39 is 0 Å². The summed E-state index contributed by atoms with van der Waals surface area (Å²) in [5.41, 5.74) is 6.42. The van der Waals surface area contributed by atoms with Gasteiger partial charge in [0.15, 0.2) is 0 Å². The Morgan fingerprint density at radius 1 is 1.14 bits per heavy atom. The standard InChI is InChI=1S/C18H27N3/c1-6-19-11-18-14(4)20-21(15(18)5)12-16-7-9-17(10-8-16)13(2)3/h7-10,13,19H,6,11-12H2,1-5H3. The monoisotopic (exact) mass is 285 g/mol. The van der Waals surface area contributed by atoms with E-state index in [0.717, 1.165) is 25.3 Å². The number of rotatable bonds is 6. The molecule has 0 saturated carbocycles. The first kappa shape index (κ1) is 15.8. The number of aryl methyl sites for hydroxylation is 1. The molecule has 114 valence electrons. The highest BCUT2D eigenvalue weighted by Gasteiger charge is 2.11. The lowest BCUT2D eigenvalue weighted by atomic mass is 10.0. The van der Waals surface area contributed by atoms with Gasteiger partial charge in [0.05, 0.1) is 12.2 Å². The number of hydrogen-bond acceptors (Lipinski definition) is 2. The molecule has 21 heavy (non-hydrogen) atoms. The van der Waals surface area contributed by atoms with Crippen LogP contribution in [0, 0.1) is 13.8 Å². The van der Waals surface area contributed by atoms with Gasteiger partial charge in [-0.05, 0) is 37.4 Å². The molecule has 1 aromatic carbocycles. The normalized spacial score (nSPS) is 11.3. The van der Waals surface area contributed by atoms with Crippen molar-refractivity contribution in [2.24, 2.45) is 0 Å². The minimum atomic E-state index is 0.583. The summed E-state index contributed by atoms with van der Waals surface area (Å²) in [6.45, 7) is 13.6. The number of nitrogens with zero attached hydrogens (tertiary/aromatic N) is 2. The van der Waals surface area contributed by atoms with Gasteiger partial charge in [0.1, 0.15) is 0 Å². The molecule has 1 aromatic heterocycles. The second kappa shape index (κ2) is 6.90. The van der Waals surface area contributed by atoms with E-state index in [-0.39, 0.29) is 0 Å². The fraction of sp³-hybridized carbons (Fsp3) is 0.500. The Hall–Kier alpha value is -1.61. The van der Waals surface area contributed by atoms with Crippen molar-refractivity contribution in [3.8, 4) is 0 Å². The van der Waals surface area contributed by atoms with Crippen LogP contribution in [-0.2, 0) is 13.1 Å². The second-order valence-electron chi connectivity index (χ2n) is 5.98. The van der Waals surface area contributed by atoms with Gasteiger partial charge in [0.25, 0.3) is 0 Å². The van der Waals surface area contributed by atoms with E-state index in [1.54, 1.807) is 0 Å². The topological polar surface area (TPSA) is 29.9 Å². The molecule has 0 spiro atoms. The molecule has 0 atom stereocenters. The van der Waals surface area contributed by atoms with E-state index in [9.17, 15) is 0 Å². The van der Waals surface area contributed by atoms with Gasteiger partial charge in [0, 0.05) is 17.8 Å². The Balaban J connectivity index is 2.16. The molecule has 3 nitrogen and oxygen atoms in total. The molecule has 0 unspecified atom stereocenters. The van der Waals surface area contributed by atoms with Gasteiger partial charge < -0.3 is 5.32 Å². The van der Waals surface area contributed by atoms with Crippen LogP contribution in [0.3, 0.4) is 0 Å². The highest BCUT2D eigenvalue weighted by molar-refractivity contribution is 5.28. The summed E-state index contributed by atoms with van der Waals surface area (Å²) >= 11 is 0. The van der Waals surface area contributed by atoms with Crippen molar-refractivity contribution in [3.63, 3.8) is 0 Å². The third-order valence-corrected chi connectivity index (χ3v) is 4.06. The van der Waals surface area contributed by atoms with Crippen molar-refractivity contribution >= 4 is 0 Å². The van der Waals surface area contributed by atoms with Crippen LogP contribution in [-0.4, -0.2) is 16.3 Å². The molecule has 0 aliphatic rings. The first-order chi connectivity index (χ1) is 10.0. The summed E-state index contributed by atoms with van der Waals surface area (Å²) in [5, 5.41) is 8.08. The average molecular weight is 285 g/mol. The zero-order chi connectivity index (χ0) is 15.4. The molecule has 0 radical (unpaired) electrons. The van der Waals surface area contributed by atoms with Gasteiger partial charge >= 0.3 is 0 Å². The Labute approximate surface area is 128 Å². The van der Waals surface area contributed by atoms with E-state index in [1.807, 2.05) is 0 Å². The summed E-state index contributed by atoms with van der Waals surface area (Å²) in [6, 6.07) is 8.89. The Morgan fingerprint density at radius 2 is 1.81 bits per heavy atom. The Morgan fingerprint density at radius 3 is 2.38 bits per heavy atom. The van der Waals surface area contributed by atoms with E-state index >= 15 is 0 Å². The Kier molecular flexibility index (Phi) is 5.18. The highest BCUT2D eigenvalue weighted by Crippen LogP contribution is 2.17. The van der Waals surface area contributed by atoms with Crippen LogP contribution >= 0.6 is 0 Å².